The highest BCUT2D eigenvalue weighted by atomic mass is 16.5. The highest BCUT2D eigenvalue weighted by Gasteiger charge is 2.67. The van der Waals surface area contributed by atoms with Crippen LogP contribution in [0.5, 0.6) is 0 Å². The first-order valence-corrected chi connectivity index (χ1v) is 15.1. The molecule has 0 aromatic heterocycles. The summed E-state index contributed by atoms with van der Waals surface area (Å²) >= 11 is 0. The number of imide groups is 1. The Balaban J connectivity index is 1.55. The minimum Gasteiger partial charge on any atom is -0.362 e. The fraction of sp³-hybridized carbons (Fsp3) is 0.733. The molecule has 42 heavy (non-hydrogen) atoms. The Labute approximate surface area is 248 Å². The molecule has 0 aromatic carbocycles. The highest BCUT2D eigenvalue weighted by molar-refractivity contribution is 6.07. The van der Waals surface area contributed by atoms with E-state index in [9.17, 15) is 28.8 Å². The van der Waals surface area contributed by atoms with Gasteiger partial charge in [0.1, 0.15) is 5.60 Å². The monoisotopic (exact) mass is 589 g/mol. The first-order chi connectivity index (χ1) is 19.9. The van der Waals surface area contributed by atoms with E-state index in [0.29, 0.717) is 39.3 Å². The van der Waals surface area contributed by atoms with Crippen molar-refractivity contribution in [2.75, 3.05) is 59.9 Å². The standard InChI is InChI=1S/C30H47N5O7/c1-7-14-33(21(3)36)19-17-31(5)24(38)10-13-30-12-9-23(42-30)26-27(30)29(41)35(28(26)40)16-11-25(39)32(6)18-20-34(15-8-2)22(4)37/h9,12,23,26-27H,7-8,10-11,13-20H2,1-6H3/t23-,26?,27?,30-/m0/s1. The Morgan fingerprint density at radius 3 is 1.83 bits per heavy atom. The Morgan fingerprint density at radius 1 is 0.810 bits per heavy atom. The van der Waals surface area contributed by atoms with Crippen molar-refractivity contribution < 1.29 is 33.5 Å². The van der Waals surface area contributed by atoms with Gasteiger partial charge in [-0.3, -0.25) is 33.7 Å². The number of amides is 6. The summed E-state index contributed by atoms with van der Waals surface area (Å²) in [5.74, 6) is -2.49. The average molecular weight is 590 g/mol. The van der Waals surface area contributed by atoms with Crippen LogP contribution in [-0.2, 0) is 33.5 Å². The molecule has 3 heterocycles. The SMILES string of the molecule is CCCN(CCN(C)C(=O)CCN1C(=O)C2C(C1=O)[C@@]1(CCC(=O)N(C)CCN(CCC)C(C)=O)C=C[C@@H]2O1)C(C)=O. The summed E-state index contributed by atoms with van der Waals surface area (Å²) in [7, 11) is 3.34. The number of likely N-dealkylation sites (tertiary alicyclic amines) is 1. The van der Waals surface area contributed by atoms with Gasteiger partial charge in [0.15, 0.2) is 0 Å². The van der Waals surface area contributed by atoms with E-state index < -0.39 is 23.5 Å². The molecular formula is C30H47N5O7. The van der Waals surface area contributed by atoms with Crippen molar-refractivity contribution in [3.63, 3.8) is 0 Å². The van der Waals surface area contributed by atoms with Crippen molar-refractivity contribution in [2.24, 2.45) is 11.8 Å². The fourth-order valence-corrected chi connectivity index (χ4v) is 6.15. The molecule has 4 atom stereocenters. The summed E-state index contributed by atoms with van der Waals surface area (Å²) in [5.41, 5.74) is -1.03. The predicted octanol–water partition coefficient (Wildman–Crippen LogP) is 0.899. The second-order valence-corrected chi connectivity index (χ2v) is 11.6. The fourth-order valence-electron chi connectivity index (χ4n) is 6.15. The average Bonchev–Trinajstić information content (AvgIpc) is 3.59. The zero-order valence-electron chi connectivity index (χ0n) is 26.0. The molecule has 2 saturated heterocycles. The van der Waals surface area contributed by atoms with Crippen LogP contribution >= 0.6 is 0 Å². The molecule has 0 radical (unpaired) electrons. The van der Waals surface area contributed by atoms with E-state index in [1.165, 1.54) is 23.6 Å². The molecule has 0 spiro atoms. The Kier molecular flexibility index (Phi) is 11.3. The number of carbonyl (C=O) groups is 6. The van der Waals surface area contributed by atoms with Crippen molar-refractivity contribution in [1.29, 1.82) is 0 Å². The molecule has 0 N–H and O–H groups in total. The quantitative estimate of drug-likeness (QED) is 0.193. The molecule has 2 unspecified atom stereocenters. The van der Waals surface area contributed by atoms with E-state index in [0.717, 1.165) is 12.8 Å². The second-order valence-electron chi connectivity index (χ2n) is 11.6. The minimum absolute atomic E-state index is 0.00812. The van der Waals surface area contributed by atoms with Crippen LogP contribution in [0.4, 0.5) is 0 Å². The predicted molar refractivity (Wildman–Crippen MR) is 155 cm³/mol. The highest BCUT2D eigenvalue weighted by Crippen LogP contribution is 2.53. The van der Waals surface area contributed by atoms with Crippen molar-refractivity contribution in [3.8, 4) is 0 Å². The maximum atomic E-state index is 13.5. The molecule has 3 rings (SSSR count). The number of fused-ring (bicyclic) bond motifs is 5. The molecule has 0 aromatic rings. The number of ether oxygens (including phenoxy) is 1. The molecule has 12 nitrogen and oxygen atoms in total. The van der Waals surface area contributed by atoms with Crippen LogP contribution in [0.15, 0.2) is 12.2 Å². The maximum Gasteiger partial charge on any atom is 0.236 e. The van der Waals surface area contributed by atoms with Crippen LogP contribution in [0.3, 0.4) is 0 Å². The lowest BCUT2D eigenvalue weighted by molar-refractivity contribution is -0.146. The lowest BCUT2D eigenvalue weighted by atomic mass is 9.75. The van der Waals surface area contributed by atoms with Crippen molar-refractivity contribution in [1.82, 2.24) is 24.5 Å². The molecule has 234 valence electrons. The molecule has 2 bridgehead atoms. The molecule has 12 heteroatoms. The third-order valence-corrected chi connectivity index (χ3v) is 8.67. The zero-order valence-corrected chi connectivity index (χ0v) is 26.0. The third-order valence-electron chi connectivity index (χ3n) is 8.67. The van der Waals surface area contributed by atoms with Gasteiger partial charge < -0.3 is 24.3 Å². The molecule has 0 saturated carbocycles. The van der Waals surface area contributed by atoms with E-state index in [-0.39, 0.29) is 61.3 Å². The van der Waals surface area contributed by atoms with Crippen LogP contribution < -0.4 is 0 Å². The van der Waals surface area contributed by atoms with E-state index in [1.54, 1.807) is 34.9 Å². The Morgan fingerprint density at radius 2 is 1.33 bits per heavy atom. The van der Waals surface area contributed by atoms with Gasteiger partial charge in [0, 0.05) is 86.6 Å². The third kappa shape index (κ3) is 7.19. The van der Waals surface area contributed by atoms with Crippen molar-refractivity contribution in [2.45, 2.75) is 71.5 Å². The number of carbonyl (C=O) groups excluding carboxylic acids is 6. The minimum atomic E-state index is -1.03. The van der Waals surface area contributed by atoms with Gasteiger partial charge in [-0.05, 0) is 19.3 Å². The van der Waals surface area contributed by atoms with E-state index in [4.69, 9.17) is 4.74 Å². The van der Waals surface area contributed by atoms with Crippen molar-refractivity contribution >= 4 is 35.4 Å². The van der Waals surface area contributed by atoms with E-state index >= 15 is 0 Å². The molecule has 0 aliphatic carbocycles. The van der Waals surface area contributed by atoms with Gasteiger partial charge in [-0.1, -0.05) is 26.0 Å². The van der Waals surface area contributed by atoms with Gasteiger partial charge in [-0.15, -0.1) is 0 Å². The van der Waals surface area contributed by atoms with E-state index in [1.807, 2.05) is 19.9 Å². The topological polar surface area (TPSA) is 128 Å². The normalized spacial score (nSPS) is 23.8. The summed E-state index contributed by atoms with van der Waals surface area (Å²) in [6.45, 7) is 9.86. The molecule has 2 fully saturated rings. The number of likely N-dealkylation sites (N-methyl/N-ethyl adjacent to an activating group) is 2. The van der Waals surface area contributed by atoms with Gasteiger partial charge in [0.05, 0.1) is 17.9 Å². The molecule has 6 amide bonds. The molecule has 3 aliphatic heterocycles. The first kappa shape index (κ1) is 33.2. The summed E-state index contributed by atoms with van der Waals surface area (Å²) in [6, 6.07) is 0. The smallest absolute Gasteiger partial charge is 0.236 e. The van der Waals surface area contributed by atoms with Crippen LogP contribution in [0.2, 0.25) is 0 Å². The lowest BCUT2D eigenvalue weighted by Crippen LogP contribution is -2.43. The summed E-state index contributed by atoms with van der Waals surface area (Å²) in [5, 5.41) is 0. The number of rotatable bonds is 16. The molecule has 3 aliphatic rings. The van der Waals surface area contributed by atoms with Gasteiger partial charge >= 0.3 is 0 Å². The Bertz CT molecular complexity index is 1090. The van der Waals surface area contributed by atoms with Crippen LogP contribution in [-0.4, -0.2) is 132 Å². The second kappa shape index (κ2) is 14.3. The maximum absolute atomic E-state index is 13.5. The summed E-state index contributed by atoms with van der Waals surface area (Å²) in [6.07, 6.45) is 5.12. The first-order valence-electron chi connectivity index (χ1n) is 15.1. The van der Waals surface area contributed by atoms with Gasteiger partial charge in [-0.2, -0.15) is 0 Å². The number of hydrogen-bond acceptors (Lipinski definition) is 7. The molecular weight excluding hydrogens is 542 g/mol. The van der Waals surface area contributed by atoms with Crippen LogP contribution in [0.1, 0.15) is 59.8 Å². The van der Waals surface area contributed by atoms with Crippen molar-refractivity contribution in [3.05, 3.63) is 12.2 Å². The summed E-state index contributed by atoms with van der Waals surface area (Å²) < 4.78 is 6.15. The van der Waals surface area contributed by atoms with Gasteiger partial charge in [-0.25, -0.2) is 0 Å². The Hall–Kier alpha value is -3.28. The number of nitrogens with zero attached hydrogens (tertiary/aromatic N) is 5. The van der Waals surface area contributed by atoms with Crippen LogP contribution in [0, 0.1) is 11.8 Å². The van der Waals surface area contributed by atoms with Gasteiger partial charge in [0.2, 0.25) is 35.4 Å². The number of hydrogen-bond donors (Lipinski definition) is 0. The van der Waals surface area contributed by atoms with Gasteiger partial charge in [0.25, 0.3) is 0 Å². The van der Waals surface area contributed by atoms with Crippen LogP contribution in [0.25, 0.3) is 0 Å². The van der Waals surface area contributed by atoms with E-state index in [2.05, 4.69) is 0 Å². The largest absolute Gasteiger partial charge is 0.362 e. The lowest BCUT2D eigenvalue weighted by Gasteiger charge is -2.30. The zero-order chi connectivity index (χ0) is 31.2. The summed E-state index contributed by atoms with van der Waals surface area (Å²) in [4.78, 5) is 83.8.